The van der Waals surface area contributed by atoms with E-state index in [0.717, 1.165) is 38.6 Å². The van der Waals surface area contributed by atoms with Gasteiger partial charge in [-0.05, 0) is 63.4 Å². The molecule has 27 heavy (non-hydrogen) atoms. The summed E-state index contributed by atoms with van der Waals surface area (Å²) in [4.78, 5) is 28.9. The number of rotatable bonds is 4. The van der Waals surface area contributed by atoms with Gasteiger partial charge in [-0.25, -0.2) is 0 Å². The van der Waals surface area contributed by atoms with Crippen molar-refractivity contribution in [3.63, 3.8) is 0 Å². The van der Waals surface area contributed by atoms with Gasteiger partial charge >= 0.3 is 0 Å². The van der Waals surface area contributed by atoms with Crippen molar-refractivity contribution < 1.29 is 14.7 Å². The maximum absolute atomic E-state index is 12.6. The van der Waals surface area contributed by atoms with E-state index in [9.17, 15) is 14.7 Å². The molecule has 0 spiro atoms. The van der Waals surface area contributed by atoms with Crippen LogP contribution >= 0.6 is 11.6 Å². The van der Waals surface area contributed by atoms with Crippen molar-refractivity contribution in [2.45, 2.75) is 38.1 Å². The van der Waals surface area contributed by atoms with E-state index >= 15 is 0 Å². The highest BCUT2D eigenvalue weighted by atomic mass is 35.5. The Morgan fingerprint density at radius 1 is 1.19 bits per heavy atom. The van der Waals surface area contributed by atoms with Crippen molar-refractivity contribution >= 4 is 23.4 Å². The van der Waals surface area contributed by atoms with Crippen LogP contribution in [-0.2, 0) is 4.79 Å². The van der Waals surface area contributed by atoms with Gasteiger partial charge in [0.1, 0.15) is 5.75 Å². The number of phenols is 1. The molecule has 2 heterocycles. The van der Waals surface area contributed by atoms with Crippen molar-refractivity contribution in [3.8, 4) is 5.75 Å². The van der Waals surface area contributed by atoms with Crippen LogP contribution in [0.5, 0.6) is 5.75 Å². The largest absolute Gasteiger partial charge is 0.507 e. The topological polar surface area (TPSA) is 72.9 Å². The second-order valence-corrected chi connectivity index (χ2v) is 8.07. The van der Waals surface area contributed by atoms with Crippen LogP contribution in [0.1, 0.15) is 42.5 Å². The number of benzene rings is 1. The maximum atomic E-state index is 12.6. The van der Waals surface area contributed by atoms with Gasteiger partial charge < -0.3 is 15.3 Å². The molecule has 2 aliphatic heterocycles. The number of carbonyl (C=O) groups excluding carboxylic acids is 2. The lowest BCUT2D eigenvalue weighted by Gasteiger charge is -2.34. The van der Waals surface area contributed by atoms with Crippen LogP contribution in [0.3, 0.4) is 0 Å². The molecule has 1 aromatic carbocycles. The van der Waals surface area contributed by atoms with E-state index in [1.807, 2.05) is 7.05 Å². The maximum Gasteiger partial charge on any atom is 0.257 e. The van der Waals surface area contributed by atoms with Crippen LogP contribution in [0.25, 0.3) is 0 Å². The monoisotopic (exact) mass is 393 g/mol. The molecule has 148 valence electrons. The summed E-state index contributed by atoms with van der Waals surface area (Å²) in [7, 11) is 2.01. The molecule has 0 bridgehead atoms. The minimum Gasteiger partial charge on any atom is -0.507 e. The number of phenolic OH excluding ortho intramolecular Hbond substituents is 1. The average Bonchev–Trinajstić information content (AvgIpc) is 2.68. The lowest BCUT2D eigenvalue weighted by molar-refractivity contribution is -0.127. The Balaban J connectivity index is 1.47. The Bertz CT molecular complexity index is 689. The van der Waals surface area contributed by atoms with Crippen molar-refractivity contribution in [3.05, 3.63) is 28.8 Å². The third-order valence-corrected chi connectivity index (χ3v) is 5.96. The van der Waals surface area contributed by atoms with Gasteiger partial charge in [-0.2, -0.15) is 0 Å². The number of likely N-dealkylation sites (tertiary alicyclic amines) is 2. The fourth-order valence-corrected chi connectivity index (χ4v) is 4.13. The highest BCUT2D eigenvalue weighted by molar-refractivity contribution is 6.31. The van der Waals surface area contributed by atoms with E-state index in [0.29, 0.717) is 30.6 Å². The van der Waals surface area contributed by atoms with Crippen LogP contribution in [0.4, 0.5) is 0 Å². The summed E-state index contributed by atoms with van der Waals surface area (Å²) in [5.74, 6) is 0.260. The Kier molecular flexibility index (Phi) is 6.60. The molecule has 7 heteroatoms. The number of hydrogen-bond acceptors (Lipinski definition) is 4. The minimum absolute atomic E-state index is 0.00813. The first kappa shape index (κ1) is 20.0. The first-order valence-corrected chi connectivity index (χ1v) is 10.1. The van der Waals surface area contributed by atoms with Gasteiger partial charge in [-0.15, -0.1) is 0 Å². The lowest BCUT2D eigenvalue weighted by Crippen LogP contribution is -2.49. The fraction of sp³-hybridized carbons (Fsp3) is 0.600. The molecule has 1 unspecified atom stereocenters. The first-order chi connectivity index (χ1) is 13.0. The molecule has 0 saturated carbocycles. The molecule has 3 rings (SSSR count). The van der Waals surface area contributed by atoms with E-state index in [2.05, 4.69) is 10.2 Å². The van der Waals surface area contributed by atoms with Crippen molar-refractivity contribution in [1.29, 1.82) is 0 Å². The summed E-state index contributed by atoms with van der Waals surface area (Å²) in [6, 6.07) is 4.50. The molecule has 6 nitrogen and oxygen atoms in total. The zero-order valence-corrected chi connectivity index (χ0v) is 16.5. The number of carbonyl (C=O) groups is 2. The highest BCUT2D eigenvalue weighted by Crippen LogP contribution is 2.25. The third-order valence-electron chi connectivity index (χ3n) is 5.73. The smallest absolute Gasteiger partial charge is 0.257 e. The summed E-state index contributed by atoms with van der Waals surface area (Å²) in [5, 5.41) is 13.5. The average molecular weight is 394 g/mol. The van der Waals surface area contributed by atoms with Gasteiger partial charge in [0.15, 0.2) is 0 Å². The molecule has 1 atom stereocenters. The normalized spacial score (nSPS) is 21.9. The third kappa shape index (κ3) is 4.93. The zero-order chi connectivity index (χ0) is 19.4. The number of piperidine rings is 2. The van der Waals surface area contributed by atoms with E-state index in [1.165, 1.54) is 12.1 Å². The Labute approximate surface area is 165 Å². The van der Waals surface area contributed by atoms with Crippen molar-refractivity contribution in [2.24, 2.45) is 5.92 Å². The predicted octanol–water partition coefficient (Wildman–Crippen LogP) is 2.50. The summed E-state index contributed by atoms with van der Waals surface area (Å²) in [6.07, 6.45) is 4.88. The standard InChI is InChI=1S/C20H28ClN3O3/c1-23-9-3-2-4-17(23)19(26)22-13-14-7-10-24(11-8-14)20(27)16-12-15(21)5-6-18(16)25/h5-6,12,14,17,25H,2-4,7-11,13H2,1H3,(H,22,26). The molecule has 2 fully saturated rings. The lowest BCUT2D eigenvalue weighted by atomic mass is 9.95. The number of amides is 2. The summed E-state index contributed by atoms with van der Waals surface area (Å²) < 4.78 is 0. The summed E-state index contributed by atoms with van der Waals surface area (Å²) in [6.45, 7) is 2.88. The molecule has 0 aromatic heterocycles. The fourth-order valence-electron chi connectivity index (χ4n) is 3.96. The highest BCUT2D eigenvalue weighted by Gasteiger charge is 2.28. The van der Waals surface area contributed by atoms with Crippen molar-refractivity contribution in [2.75, 3.05) is 33.2 Å². The molecule has 2 saturated heterocycles. The van der Waals surface area contributed by atoms with E-state index in [4.69, 9.17) is 11.6 Å². The Morgan fingerprint density at radius 3 is 2.63 bits per heavy atom. The van der Waals surface area contributed by atoms with Crippen LogP contribution in [0.15, 0.2) is 18.2 Å². The van der Waals surface area contributed by atoms with Crippen molar-refractivity contribution in [1.82, 2.24) is 15.1 Å². The van der Waals surface area contributed by atoms with Gasteiger partial charge in [0.05, 0.1) is 11.6 Å². The van der Waals surface area contributed by atoms with Gasteiger partial charge in [-0.3, -0.25) is 14.5 Å². The second-order valence-electron chi connectivity index (χ2n) is 7.63. The number of hydrogen-bond donors (Lipinski definition) is 2. The molecule has 0 radical (unpaired) electrons. The molecular formula is C20H28ClN3O3. The quantitative estimate of drug-likeness (QED) is 0.824. The number of halogens is 1. The predicted molar refractivity (Wildman–Crippen MR) is 105 cm³/mol. The minimum atomic E-state index is -0.193. The molecule has 2 aliphatic rings. The van der Waals surface area contributed by atoms with Gasteiger partial charge in [0.2, 0.25) is 5.91 Å². The second kappa shape index (κ2) is 8.93. The first-order valence-electron chi connectivity index (χ1n) is 9.71. The molecule has 0 aliphatic carbocycles. The Hall–Kier alpha value is -1.79. The van der Waals surface area contributed by atoms with Crippen LogP contribution in [0, 0.1) is 5.92 Å². The number of nitrogens with one attached hydrogen (secondary N) is 1. The van der Waals surface area contributed by atoms with E-state index in [-0.39, 0.29) is 29.2 Å². The van der Waals surface area contributed by atoms with Crippen LogP contribution in [-0.4, -0.2) is 66.0 Å². The van der Waals surface area contributed by atoms with Gasteiger partial charge in [0.25, 0.3) is 5.91 Å². The molecule has 2 N–H and O–H groups in total. The van der Waals surface area contributed by atoms with Gasteiger partial charge in [-0.1, -0.05) is 18.0 Å². The molecule has 1 aromatic rings. The molecular weight excluding hydrogens is 366 g/mol. The number of aromatic hydroxyl groups is 1. The number of likely N-dealkylation sites (N-methyl/N-ethyl adjacent to an activating group) is 1. The molecule has 2 amide bonds. The summed E-state index contributed by atoms with van der Waals surface area (Å²) >= 11 is 5.94. The Morgan fingerprint density at radius 2 is 1.93 bits per heavy atom. The van der Waals surface area contributed by atoms with Gasteiger partial charge in [0, 0.05) is 24.7 Å². The van der Waals surface area contributed by atoms with Crippen LogP contribution < -0.4 is 5.32 Å². The summed E-state index contributed by atoms with van der Waals surface area (Å²) in [5.41, 5.74) is 0.245. The zero-order valence-electron chi connectivity index (χ0n) is 15.8. The van der Waals surface area contributed by atoms with E-state index < -0.39 is 0 Å². The number of nitrogens with zero attached hydrogens (tertiary/aromatic N) is 2. The SMILES string of the molecule is CN1CCCCC1C(=O)NCC1CCN(C(=O)c2cc(Cl)ccc2O)CC1. The van der Waals surface area contributed by atoms with Crippen LogP contribution in [0.2, 0.25) is 5.02 Å². The van der Waals surface area contributed by atoms with E-state index in [1.54, 1.807) is 11.0 Å².